The van der Waals surface area contributed by atoms with Crippen LogP contribution in [0.15, 0.2) is 0 Å². The van der Waals surface area contributed by atoms with Gasteiger partial charge in [-0.3, -0.25) is 10.1 Å². The van der Waals surface area contributed by atoms with E-state index < -0.39 is 0 Å². The van der Waals surface area contributed by atoms with Crippen LogP contribution >= 0.6 is 0 Å². The number of rotatable bonds is 5. The number of methoxy groups -OCH3 is 1. The first-order valence-corrected chi connectivity index (χ1v) is 5.59. The van der Waals surface area contributed by atoms with Gasteiger partial charge in [0.15, 0.2) is 0 Å². The zero-order valence-electron chi connectivity index (χ0n) is 9.01. The molecule has 0 radical (unpaired) electrons. The van der Waals surface area contributed by atoms with Gasteiger partial charge in [-0.2, -0.15) is 0 Å². The highest BCUT2D eigenvalue weighted by Gasteiger charge is 2.52. The number of nitrogens with one attached hydrogen (secondary N) is 1. The average molecular weight is 197 g/mol. The number of ether oxygens (including phenoxy) is 1. The topological polar surface area (TPSA) is 38.3 Å². The highest BCUT2D eigenvalue weighted by atomic mass is 16.5. The minimum absolute atomic E-state index is 0.0607. The molecule has 0 heterocycles. The van der Waals surface area contributed by atoms with Gasteiger partial charge in [0, 0.05) is 6.04 Å². The Labute approximate surface area is 85.2 Å². The van der Waals surface area contributed by atoms with Gasteiger partial charge in [-0.05, 0) is 38.0 Å². The minimum atomic E-state index is -0.365. The molecule has 0 aromatic rings. The van der Waals surface area contributed by atoms with E-state index in [1.54, 1.807) is 0 Å². The standard InChI is InChI=1S/C11H19NO2/c1-3-11(8-4-5-8,10(13)14-2)12-9-6-7-9/h8-9,12H,3-7H2,1-2H3. The Morgan fingerprint density at radius 3 is 2.43 bits per heavy atom. The van der Waals surface area contributed by atoms with E-state index in [1.807, 2.05) is 0 Å². The molecule has 0 aromatic heterocycles. The number of esters is 1. The summed E-state index contributed by atoms with van der Waals surface area (Å²) < 4.78 is 4.94. The molecule has 0 bridgehead atoms. The van der Waals surface area contributed by atoms with Crippen molar-refractivity contribution < 1.29 is 9.53 Å². The molecular weight excluding hydrogens is 178 g/mol. The number of hydrogen-bond donors (Lipinski definition) is 1. The van der Waals surface area contributed by atoms with Gasteiger partial charge < -0.3 is 4.74 Å². The van der Waals surface area contributed by atoms with E-state index >= 15 is 0 Å². The second-order valence-corrected chi connectivity index (χ2v) is 4.51. The van der Waals surface area contributed by atoms with Crippen molar-refractivity contribution in [1.29, 1.82) is 0 Å². The fraction of sp³-hybridized carbons (Fsp3) is 0.909. The fourth-order valence-corrected chi connectivity index (χ4v) is 2.23. The maximum atomic E-state index is 11.8. The zero-order valence-corrected chi connectivity index (χ0v) is 9.01. The van der Waals surface area contributed by atoms with Crippen LogP contribution in [0.25, 0.3) is 0 Å². The predicted octanol–water partition coefficient (Wildman–Crippen LogP) is 1.47. The Kier molecular flexibility index (Phi) is 2.52. The smallest absolute Gasteiger partial charge is 0.326 e. The molecule has 14 heavy (non-hydrogen) atoms. The molecule has 0 amide bonds. The molecule has 1 atom stereocenters. The summed E-state index contributed by atoms with van der Waals surface area (Å²) in [7, 11) is 1.49. The Bertz CT molecular complexity index is 233. The Hall–Kier alpha value is -0.570. The summed E-state index contributed by atoms with van der Waals surface area (Å²) in [6.45, 7) is 2.07. The third-order valence-electron chi connectivity index (χ3n) is 3.42. The molecule has 2 aliphatic rings. The van der Waals surface area contributed by atoms with Crippen LogP contribution in [0.5, 0.6) is 0 Å². The third-order valence-corrected chi connectivity index (χ3v) is 3.42. The van der Waals surface area contributed by atoms with Crippen molar-refractivity contribution in [2.45, 2.75) is 50.6 Å². The van der Waals surface area contributed by atoms with Gasteiger partial charge in [-0.1, -0.05) is 6.92 Å². The van der Waals surface area contributed by atoms with E-state index in [9.17, 15) is 4.79 Å². The van der Waals surface area contributed by atoms with Crippen LogP contribution in [0, 0.1) is 5.92 Å². The molecule has 3 nitrogen and oxygen atoms in total. The van der Waals surface area contributed by atoms with Crippen LogP contribution in [0.2, 0.25) is 0 Å². The summed E-state index contributed by atoms with van der Waals surface area (Å²) in [6, 6.07) is 0.564. The summed E-state index contributed by atoms with van der Waals surface area (Å²) in [6.07, 6.45) is 5.61. The molecule has 2 saturated carbocycles. The van der Waals surface area contributed by atoms with Crippen LogP contribution in [0.3, 0.4) is 0 Å². The number of carbonyl (C=O) groups excluding carboxylic acids is 1. The first-order valence-electron chi connectivity index (χ1n) is 5.59. The molecule has 0 spiro atoms. The summed E-state index contributed by atoms with van der Waals surface area (Å²) in [4.78, 5) is 11.8. The molecule has 0 aromatic carbocycles. The molecule has 0 aliphatic heterocycles. The highest BCUT2D eigenvalue weighted by molar-refractivity contribution is 5.81. The van der Waals surface area contributed by atoms with Crippen molar-refractivity contribution in [2.24, 2.45) is 5.92 Å². The normalized spacial score (nSPS) is 25.6. The fourth-order valence-electron chi connectivity index (χ4n) is 2.23. The summed E-state index contributed by atoms with van der Waals surface area (Å²) in [5, 5.41) is 3.49. The number of carbonyl (C=O) groups is 1. The van der Waals surface area contributed by atoms with Crippen LogP contribution in [0.4, 0.5) is 0 Å². The Morgan fingerprint density at radius 2 is 2.07 bits per heavy atom. The van der Waals surface area contributed by atoms with Gasteiger partial charge in [0.2, 0.25) is 0 Å². The number of hydrogen-bond acceptors (Lipinski definition) is 3. The molecule has 80 valence electrons. The van der Waals surface area contributed by atoms with Crippen molar-refractivity contribution in [3.8, 4) is 0 Å². The van der Waals surface area contributed by atoms with Gasteiger partial charge in [0.25, 0.3) is 0 Å². The summed E-state index contributed by atoms with van der Waals surface area (Å²) in [5.74, 6) is 0.454. The molecular formula is C11H19NO2. The van der Waals surface area contributed by atoms with E-state index in [2.05, 4.69) is 12.2 Å². The molecule has 0 saturated heterocycles. The van der Waals surface area contributed by atoms with Gasteiger partial charge >= 0.3 is 5.97 Å². The van der Waals surface area contributed by atoms with E-state index in [0.29, 0.717) is 12.0 Å². The zero-order chi connectivity index (χ0) is 10.2. The minimum Gasteiger partial charge on any atom is -0.468 e. The van der Waals surface area contributed by atoms with Crippen LogP contribution in [0.1, 0.15) is 39.0 Å². The van der Waals surface area contributed by atoms with Crippen LogP contribution in [-0.2, 0) is 9.53 Å². The molecule has 2 aliphatic carbocycles. The van der Waals surface area contributed by atoms with E-state index in [0.717, 1.165) is 6.42 Å². The lowest BCUT2D eigenvalue weighted by Gasteiger charge is -2.31. The highest BCUT2D eigenvalue weighted by Crippen LogP contribution is 2.43. The molecule has 2 rings (SSSR count). The van der Waals surface area contributed by atoms with Crippen LogP contribution in [-0.4, -0.2) is 24.7 Å². The summed E-state index contributed by atoms with van der Waals surface area (Å²) in [5.41, 5.74) is -0.365. The SMILES string of the molecule is CCC(NC1CC1)(C(=O)OC)C1CC1. The van der Waals surface area contributed by atoms with E-state index in [1.165, 1.54) is 32.8 Å². The summed E-state index contributed by atoms with van der Waals surface area (Å²) >= 11 is 0. The van der Waals surface area contributed by atoms with Gasteiger partial charge in [-0.15, -0.1) is 0 Å². The maximum Gasteiger partial charge on any atom is 0.326 e. The lowest BCUT2D eigenvalue weighted by molar-refractivity contribution is -0.150. The molecule has 1 N–H and O–H groups in total. The third kappa shape index (κ3) is 1.65. The first-order chi connectivity index (χ1) is 6.73. The van der Waals surface area contributed by atoms with Crippen molar-refractivity contribution in [3.05, 3.63) is 0 Å². The van der Waals surface area contributed by atoms with E-state index in [-0.39, 0.29) is 11.5 Å². The quantitative estimate of drug-likeness (QED) is 0.678. The van der Waals surface area contributed by atoms with Crippen molar-refractivity contribution >= 4 is 5.97 Å². The van der Waals surface area contributed by atoms with Crippen LogP contribution < -0.4 is 5.32 Å². The van der Waals surface area contributed by atoms with Crippen molar-refractivity contribution in [2.75, 3.05) is 7.11 Å². The first kappa shape index (κ1) is 9.97. The maximum absolute atomic E-state index is 11.8. The van der Waals surface area contributed by atoms with Crippen molar-refractivity contribution in [3.63, 3.8) is 0 Å². The van der Waals surface area contributed by atoms with Gasteiger partial charge in [0.05, 0.1) is 7.11 Å². The molecule has 2 fully saturated rings. The second-order valence-electron chi connectivity index (χ2n) is 4.51. The van der Waals surface area contributed by atoms with Gasteiger partial charge in [0.1, 0.15) is 5.54 Å². The molecule has 1 unspecified atom stereocenters. The van der Waals surface area contributed by atoms with Gasteiger partial charge in [-0.25, -0.2) is 0 Å². The Morgan fingerprint density at radius 1 is 1.43 bits per heavy atom. The Balaban J connectivity index is 2.10. The lowest BCUT2D eigenvalue weighted by atomic mass is 9.90. The van der Waals surface area contributed by atoms with E-state index in [4.69, 9.17) is 4.74 Å². The second kappa shape index (κ2) is 3.54. The predicted molar refractivity (Wildman–Crippen MR) is 53.9 cm³/mol. The average Bonchev–Trinajstić information content (AvgIpc) is 3.02. The lowest BCUT2D eigenvalue weighted by Crippen LogP contribution is -2.55. The molecule has 3 heteroatoms. The van der Waals surface area contributed by atoms with Crippen molar-refractivity contribution in [1.82, 2.24) is 5.32 Å². The largest absolute Gasteiger partial charge is 0.468 e. The monoisotopic (exact) mass is 197 g/mol.